The molecule has 0 spiro atoms. The van der Waals surface area contributed by atoms with Gasteiger partial charge in [0.05, 0.1) is 23.1 Å². The molecule has 0 saturated carbocycles. The summed E-state index contributed by atoms with van der Waals surface area (Å²) in [5.41, 5.74) is 1.39. The lowest BCUT2D eigenvalue weighted by atomic mass is 10.1. The van der Waals surface area contributed by atoms with Gasteiger partial charge in [-0.15, -0.1) is 0 Å². The van der Waals surface area contributed by atoms with Crippen LogP contribution in [0.4, 0.5) is 0 Å². The number of hydrogen-bond donors (Lipinski definition) is 0. The maximum Gasteiger partial charge on any atom is 0.261 e. The quantitative estimate of drug-likeness (QED) is 0.619. The maximum absolute atomic E-state index is 12.5. The van der Waals surface area contributed by atoms with Gasteiger partial charge in [-0.05, 0) is 30.8 Å². The molecule has 28 heavy (non-hydrogen) atoms. The number of likely N-dealkylation sites (N-methyl/N-ethyl adjacent to an activating group) is 1. The Balaban J connectivity index is 1.47. The zero-order valence-electron chi connectivity index (χ0n) is 15.6. The fourth-order valence-corrected chi connectivity index (χ4v) is 3.48. The average molecular weight is 376 g/mol. The number of imide groups is 1. The van der Waals surface area contributed by atoms with Gasteiger partial charge in [0.1, 0.15) is 11.3 Å². The summed E-state index contributed by atoms with van der Waals surface area (Å²) >= 11 is 0. The van der Waals surface area contributed by atoms with Crippen molar-refractivity contribution in [2.45, 2.75) is 13.5 Å². The lowest BCUT2D eigenvalue weighted by Crippen LogP contribution is -2.38. The molecule has 0 saturated heterocycles. The van der Waals surface area contributed by atoms with E-state index in [9.17, 15) is 14.4 Å². The molecule has 0 aliphatic carbocycles. The molecule has 1 aliphatic heterocycles. The summed E-state index contributed by atoms with van der Waals surface area (Å²) in [5.74, 6) is 0.0516. The monoisotopic (exact) mass is 376 g/mol. The molecule has 0 bridgehead atoms. The van der Waals surface area contributed by atoms with E-state index in [1.165, 1.54) is 11.0 Å². The van der Waals surface area contributed by atoms with E-state index in [2.05, 4.69) is 0 Å². The zero-order chi connectivity index (χ0) is 19.7. The van der Waals surface area contributed by atoms with Crippen molar-refractivity contribution in [3.63, 3.8) is 0 Å². The lowest BCUT2D eigenvalue weighted by Gasteiger charge is -2.22. The minimum Gasteiger partial charge on any atom is -0.459 e. The van der Waals surface area contributed by atoms with E-state index in [0.29, 0.717) is 47.5 Å². The van der Waals surface area contributed by atoms with Crippen LogP contribution in [0.5, 0.6) is 0 Å². The Kier molecular flexibility index (Phi) is 4.79. The molecule has 6 heteroatoms. The van der Waals surface area contributed by atoms with Crippen LogP contribution >= 0.6 is 0 Å². The first-order valence-electron chi connectivity index (χ1n) is 9.28. The van der Waals surface area contributed by atoms with Crippen molar-refractivity contribution in [3.05, 3.63) is 81.7 Å². The molecule has 2 heterocycles. The van der Waals surface area contributed by atoms with Crippen molar-refractivity contribution in [2.75, 3.05) is 19.6 Å². The fourth-order valence-electron chi connectivity index (χ4n) is 3.48. The Morgan fingerprint density at radius 2 is 1.57 bits per heavy atom. The highest BCUT2D eigenvalue weighted by atomic mass is 16.3. The number of nitrogens with zero attached hydrogens (tertiary/aromatic N) is 2. The van der Waals surface area contributed by atoms with E-state index in [-0.39, 0.29) is 23.8 Å². The Bertz CT molecular complexity index is 1080. The predicted octanol–water partition coefficient (Wildman–Crippen LogP) is 2.91. The second-order valence-corrected chi connectivity index (χ2v) is 6.75. The molecule has 142 valence electrons. The number of fused-ring (bicyclic) bond motifs is 2. The topological polar surface area (TPSA) is 70.8 Å². The van der Waals surface area contributed by atoms with E-state index >= 15 is 0 Å². The number of carbonyl (C=O) groups excluding carboxylic acids is 2. The summed E-state index contributed by atoms with van der Waals surface area (Å²) in [5, 5.41) is 0.556. The molecule has 0 atom stereocenters. The van der Waals surface area contributed by atoms with Crippen LogP contribution in [0.3, 0.4) is 0 Å². The van der Waals surface area contributed by atoms with Crippen molar-refractivity contribution in [1.29, 1.82) is 0 Å². The minimum atomic E-state index is -0.256. The second kappa shape index (κ2) is 7.40. The van der Waals surface area contributed by atoms with Crippen LogP contribution in [0.2, 0.25) is 0 Å². The molecule has 0 radical (unpaired) electrons. The highest BCUT2D eigenvalue weighted by Crippen LogP contribution is 2.22. The van der Waals surface area contributed by atoms with Crippen LogP contribution in [0.25, 0.3) is 11.0 Å². The van der Waals surface area contributed by atoms with Gasteiger partial charge >= 0.3 is 0 Å². The largest absolute Gasteiger partial charge is 0.459 e. The van der Waals surface area contributed by atoms with Crippen LogP contribution in [0, 0.1) is 0 Å². The molecular formula is C22H20N2O4. The van der Waals surface area contributed by atoms with Crippen LogP contribution in [-0.2, 0) is 6.54 Å². The predicted molar refractivity (Wildman–Crippen MR) is 105 cm³/mol. The fraction of sp³-hybridized carbons (Fsp3) is 0.227. The Morgan fingerprint density at radius 3 is 2.25 bits per heavy atom. The van der Waals surface area contributed by atoms with Crippen LogP contribution in [0.15, 0.2) is 63.8 Å². The first-order chi connectivity index (χ1) is 13.6. The van der Waals surface area contributed by atoms with Crippen molar-refractivity contribution in [1.82, 2.24) is 9.80 Å². The molecular weight excluding hydrogens is 356 g/mol. The number of rotatable bonds is 6. The van der Waals surface area contributed by atoms with E-state index in [1.54, 1.807) is 42.5 Å². The molecule has 6 nitrogen and oxygen atoms in total. The van der Waals surface area contributed by atoms with Crippen molar-refractivity contribution in [2.24, 2.45) is 0 Å². The number of benzene rings is 2. The Morgan fingerprint density at radius 1 is 0.929 bits per heavy atom. The van der Waals surface area contributed by atoms with Crippen molar-refractivity contribution < 1.29 is 14.0 Å². The first kappa shape index (κ1) is 18.1. The van der Waals surface area contributed by atoms with Gasteiger partial charge in [-0.2, -0.15) is 0 Å². The summed E-state index contributed by atoms with van der Waals surface area (Å²) in [7, 11) is 0. The van der Waals surface area contributed by atoms with Gasteiger partial charge in [0.15, 0.2) is 5.43 Å². The Hall–Kier alpha value is -3.25. The molecule has 2 amide bonds. The molecule has 0 N–H and O–H groups in total. The van der Waals surface area contributed by atoms with Crippen LogP contribution in [0.1, 0.15) is 33.4 Å². The van der Waals surface area contributed by atoms with Gasteiger partial charge in [0, 0.05) is 19.2 Å². The highest BCUT2D eigenvalue weighted by Gasteiger charge is 2.34. The summed E-state index contributed by atoms with van der Waals surface area (Å²) in [6, 6.07) is 15.5. The molecule has 1 aliphatic rings. The zero-order valence-corrected chi connectivity index (χ0v) is 15.6. The van der Waals surface area contributed by atoms with E-state index in [1.807, 2.05) is 17.9 Å². The van der Waals surface area contributed by atoms with Gasteiger partial charge in [0.2, 0.25) is 0 Å². The average Bonchev–Trinajstić information content (AvgIpc) is 2.96. The Labute approximate surface area is 162 Å². The number of carbonyl (C=O) groups is 2. The molecule has 2 aromatic carbocycles. The number of para-hydroxylation sites is 1. The first-order valence-corrected chi connectivity index (χ1v) is 9.28. The summed E-state index contributed by atoms with van der Waals surface area (Å²) < 4.78 is 5.85. The molecule has 0 unspecified atom stereocenters. The third-order valence-corrected chi connectivity index (χ3v) is 5.03. The van der Waals surface area contributed by atoms with Crippen molar-refractivity contribution >= 4 is 22.8 Å². The minimum absolute atomic E-state index is 0.0757. The van der Waals surface area contributed by atoms with Gasteiger partial charge in [-0.1, -0.05) is 31.2 Å². The lowest BCUT2D eigenvalue weighted by molar-refractivity contribution is 0.0634. The molecule has 4 rings (SSSR count). The normalized spacial score (nSPS) is 13.6. The van der Waals surface area contributed by atoms with E-state index in [4.69, 9.17) is 4.42 Å². The second-order valence-electron chi connectivity index (χ2n) is 6.75. The van der Waals surface area contributed by atoms with Gasteiger partial charge in [-0.3, -0.25) is 24.2 Å². The van der Waals surface area contributed by atoms with E-state index < -0.39 is 0 Å². The maximum atomic E-state index is 12.5. The molecule has 1 aromatic heterocycles. The smallest absolute Gasteiger partial charge is 0.261 e. The SMILES string of the molecule is CCN(CCN1C(=O)c2ccccc2C1=O)Cc1cc(=O)c2ccccc2o1. The highest BCUT2D eigenvalue weighted by molar-refractivity contribution is 6.21. The molecule has 0 fully saturated rings. The van der Waals surface area contributed by atoms with Gasteiger partial charge < -0.3 is 4.42 Å². The van der Waals surface area contributed by atoms with Gasteiger partial charge in [-0.25, -0.2) is 0 Å². The van der Waals surface area contributed by atoms with Crippen molar-refractivity contribution in [3.8, 4) is 0 Å². The van der Waals surface area contributed by atoms with Crippen LogP contribution < -0.4 is 5.43 Å². The summed E-state index contributed by atoms with van der Waals surface area (Å²) in [6.45, 7) is 3.90. The third-order valence-electron chi connectivity index (χ3n) is 5.03. The van der Waals surface area contributed by atoms with Gasteiger partial charge in [0.25, 0.3) is 11.8 Å². The third kappa shape index (κ3) is 3.23. The summed E-state index contributed by atoms with van der Waals surface area (Å²) in [6.07, 6.45) is 0. The standard InChI is InChI=1S/C22H20N2O4/c1-2-23(14-15-13-19(25)18-9-5-6-10-20(18)28-15)11-12-24-21(26)16-7-3-4-8-17(16)22(24)27/h3-10,13H,2,11-12,14H2,1H3. The summed E-state index contributed by atoms with van der Waals surface area (Å²) in [4.78, 5) is 40.6. The van der Waals surface area contributed by atoms with Crippen LogP contribution in [-0.4, -0.2) is 41.2 Å². The number of amides is 2. The van der Waals surface area contributed by atoms with E-state index in [0.717, 1.165) is 0 Å². The molecule has 3 aromatic rings. The number of hydrogen-bond acceptors (Lipinski definition) is 5.